The van der Waals surface area contributed by atoms with E-state index in [4.69, 9.17) is 14.3 Å². The van der Waals surface area contributed by atoms with Crippen molar-refractivity contribution in [2.24, 2.45) is 0 Å². The number of carboxylic acid groups (broad SMARTS) is 1. The number of hydrogen-bond acceptors (Lipinski definition) is 4. The van der Waals surface area contributed by atoms with E-state index < -0.39 is 12.1 Å². The van der Waals surface area contributed by atoms with Crippen LogP contribution in [0.1, 0.15) is 23.1 Å². The SMILES string of the molecule is COC(c1ccccc1)c1nc2cc(CC(=O)O)ccc2o1. The summed E-state index contributed by atoms with van der Waals surface area (Å²) >= 11 is 0. The summed E-state index contributed by atoms with van der Waals surface area (Å²) in [6.07, 6.45) is -0.429. The van der Waals surface area contributed by atoms with Gasteiger partial charge in [-0.1, -0.05) is 36.4 Å². The van der Waals surface area contributed by atoms with Crippen molar-refractivity contribution in [2.45, 2.75) is 12.5 Å². The zero-order valence-electron chi connectivity index (χ0n) is 12.0. The van der Waals surface area contributed by atoms with Crippen molar-refractivity contribution in [3.63, 3.8) is 0 Å². The molecule has 0 bridgehead atoms. The van der Waals surface area contributed by atoms with Crippen molar-refractivity contribution in [2.75, 3.05) is 7.11 Å². The van der Waals surface area contributed by atoms with Gasteiger partial charge in [0.1, 0.15) is 5.52 Å². The standard InChI is InChI=1S/C17H15NO4/c1-21-16(12-5-3-2-4-6-12)17-18-13-9-11(10-15(19)20)7-8-14(13)22-17/h2-9,16H,10H2,1H3,(H,19,20). The van der Waals surface area contributed by atoms with E-state index in [-0.39, 0.29) is 6.42 Å². The summed E-state index contributed by atoms with van der Waals surface area (Å²) < 4.78 is 11.2. The molecule has 112 valence electrons. The average molecular weight is 297 g/mol. The number of fused-ring (bicyclic) bond motifs is 1. The lowest BCUT2D eigenvalue weighted by Gasteiger charge is -2.11. The number of nitrogens with zero attached hydrogens (tertiary/aromatic N) is 1. The molecule has 0 radical (unpaired) electrons. The molecule has 0 spiro atoms. The summed E-state index contributed by atoms with van der Waals surface area (Å²) in [6.45, 7) is 0. The highest BCUT2D eigenvalue weighted by Crippen LogP contribution is 2.28. The van der Waals surface area contributed by atoms with Gasteiger partial charge < -0.3 is 14.3 Å². The van der Waals surface area contributed by atoms with E-state index in [2.05, 4.69) is 4.98 Å². The number of hydrogen-bond donors (Lipinski definition) is 1. The second-order valence-corrected chi connectivity index (χ2v) is 4.95. The largest absolute Gasteiger partial charge is 0.481 e. The van der Waals surface area contributed by atoms with E-state index in [0.29, 0.717) is 22.6 Å². The fraction of sp³-hybridized carbons (Fsp3) is 0.176. The number of ether oxygens (including phenoxy) is 1. The zero-order valence-corrected chi connectivity index (χ0v) is 12.0. The Morgan fingerprint density at radius 1 is 1.27 bits per heavy atom. The minimum Gasteiger partial charge on any atom is -0.481 e. The number of rotatable bonds is 5. The number of methoxy groups -OCH3 is 1. The van der Waals surface area contributed by atoms with E-state index in [1.165, 1.54) is 0 Å². The summed E-state index contributed by atoms with van der Waals surface area (Å²) in [6, 6.07) is 14.9. The van der Waals surface area contributed by atoms with Crippen LogP contribution in [0, 0.1) is 0 Å². The van der Waals surface area contributed by atoms with Gasteiger partial charge in [0.15, 0.2) is 11.7 Å². The maximum absolute atomic E-state index is 10.8. The van der Waals surface area contributed by atoms with Crippen molar-refractivity contribution in [1.29, 1.82) is 0 Å². The Balaban J connectivity index is 1.98. The summed E-state index contributed by atoms with van der Waals surface area (Å²) in [4.78, 5) is 15.2. The van der Waals surface area contributed by atoms with Gasteiger partial charge in [0, 0.05) is 7.11 Å². The first-order valence-electron chi connectivity index (χ1n) is 6.86. The van der Waals surface area contributed by atoms with Crippen LogP contribution < -0.4 is 0 Å². The third kappa shape index (κ3) is 2.84. The highest BCUT2D eigenvalue weighted by molar-refractivity contribution is 5.77. The Labute approximate surface area is 127 Å². The Morgan fingerprint density at radius 2 is 2.05 bits per heavy atom. The number of carboxylic acids is 1. The van der Waals surface area contributed by atoms with Crippen molar-refractivity contribution in [3.05, 3.63) is 65.5 Å². The van der Waals surface area contributed by atoms with Gasteiger partial charge in [-0.3, -0.25) is 4.79 Å². The minimum absolute atomic E-state index is 0.0372. The molecule has 2 aromatic carbocycles. The number of benzene rings is 2. The second-order valence-electron chi connectivity index (χ2n) is 4.95. The number of aliphatic carboxylic acids is 1. The third-order valence-electron chi connectivity index (χ3n) is 3.39. The quantitative estimate of drug-likeness (QED) is 0.783. The Hall–Kier alpha value is -2.66. The summed E-state index contributed by atoms with van der Waals surface area (Å²) in [5, 5.41) is 8.86. The highest BCUT2D eigenvalue weighted by Gasteiger charge is 2.20. The summed E-state index contributed by atoms with van der Waals surface area (Å²) in [5.74, 6) is -0.418. The van der Waals surface area contributed by atoms with Crippen LogP contribution in [-0.4, -0.2) is 23.2 Å². The van der Waals surface area contributed by atoms with Crippen LogP contribution in [0.25, 0.3) is 11.1 Å². The minimum atomic E-state index is -0.873. The Kier molecular flexibility index (Phi) is 3.89. The maximum atomic E-state index is 10.8. The molecule has 0 aliphatic carbocycles. The maximum Gasteiger partial charge on any atom is 0.307 e. The monoisotopic (exact) mass is 297 g/mol. The molecule has 5 heteroatoms. The van der Waals surface area contributed by atoms with Crippen molar-refractivity contribution >= 4 is 17.1 Å². The predicted octanol–water partition coefficient (Wildman–Crippen LogP) is 3.19. The molecule has 1 unspecified atom stereocenters. The molecule has 0 aliphatic heterocycles. The molecule has 22 heavy (non-hydrogen) atoms. The molecule has 0 saturated carbocycles. The zero-order chi connectivity index (χ0) is 15.5. The van der Waals surface area contributed by atoms with Gasteiger partial charge in [0.2, 0.25) is 5.89 Å². The molecule has 0 saturated heterocycles. The Morgan fingerprint density at radius 3 is 2.73 bits per heavy atom. The van der Waals surface area contributed by atoms with Crippen LogP contribution in [0.2, 0.25) is 0 Å². The molecule has 3 aromatic rings. The molecule has 0 aliphatic rings. The smallest absolute Gasteiger partial charge is 0.307 e. The predicted molar refractivity (Wildman–Crippen MR) is 80.6 cm³/mol. The first-order chi connectivity index (χ1) is 10.7. The third-order valence-corrected chi connectivity index (χ3v) is 3.39. The van der Waals surface area contributed by atoms with Gasteiger partial charge in [0.05, 0.1) is 6.42 Å². The van der Waals surface area contributed by atoms with Gasteiger partial charge in [-0.25, -0.2) is 4.98 Å². The van der Waals surface area contributed by atoms with Crippen molar-refractivity contribution in [3.8, 4) is 0 Å². The summed E-state index contributed by atoms with van der Waals surface area (Å²) in [7, 11) is 1.60. The molecule has 5 nitrogen and oxygen atoms in total. The van der Waals surface area contributed by atoms with E-state index in [9.17, 15) is 4.79 Å². The van der Waals surface area contributed by atoms with Gasteiger partial charge in [-0.05, 0) is 23.3 Å². The van der Waals surface area contributed by atoms with Gasteiger partial charge in [0.25, 0.3) is 0 Å². The van der Waals surface area contributed by atoms with Gasteiger partial charge in [-0.2, -0.15) is 0 Å². The van der Waals surface area contributed by atoms with Crippen LogP contribution in [0.15, 0.2) is 52.9 Å². The van der Waals surface area contributed by atoms with Crippen LogP contribution >= 0.6 is 0 Å². The van der Waals surface area contributed by atoms with Crippen molar-refractivity contribution < 1.29 is 19.1 Å². The lowest BCUT2D eigenvalue weighted by atomic mass is 10.1. The second kappa shape index (κ2) is 5.99. The first kappa shape index (κ1) is 14.3. The van der Waals surface area contributed by atoms with Crippen molar-refractivity contribution in [1.82, 2.24) is 4.98 Å². The van der Waals surface area contributed by atoms with E-state index in [1.807, 2.05) is 30.3 Å². The molecule has 0 fully saturated rings. The normalized spacial score (nSPS) is 12.4. The molecular formula is C17H15NO4. The molecule has 1 aromatic heterocycles. The van der Waals surface area contributed by atoms with E-state index in [1.54, 1.807) is 25.3 Å². The van der Waals surface area contributed by atoms with E-state index >= 15 is 0 Å². The fourth-order valence-electron chi connectivity index (χ4n) is 2.39. The molecule has 3 rings (SSSR count). The number of carbonyl (C=O) groups is 1. The molecule has 1 heterocycles. The highest BCUT2D eigenvalue weighted by atomic mass is 16.5. The Bertz CT molecular complexity index is 795. The van der Waals surface area contributed by atoms with Crippen LogP contribution in [0.3, 0.4) is 0 Å². The molecular weight excluding hydrogens is 282 g/mol. The average Bonchev–Trinajstić information content (AvgIpc) is 2.91. The molecule has 1 atom stereocenters. The van der Waals surface area contributed by atoms with Crippen LogP contribution in [-0.2, 0) is 16.0 Å². The number of oxazole rings is 1. The van der Waals surface area contributed by atoms with E-state index in [0.717, 1.165) is 5.56 Å². The topological polar surface area (TPSA) is 72.6 Å². The van der Waals surface area contributed by atoms with Crippen LogP contribution in [0.5, 0.6) is 0 Å². The molecule has 0 amide bonds. The summed E-state index contributed by atoms with van der Waals surface area (Å²) in [5.41, 5.74) is 2.88. The van der Waals surface area contributed by atoms with Crippen LogP contribution in [0.4, 0.5) is 0 Å². The van der Waals surface area contributed by atoms with Gasteiger partial charge in [-0.15, -0.1) is 0 Å². The molecule has 1 N–H and O–H groups in total. The lowest BCUT2D eigenvalue weighted by molar-refractivity contribution is -0.136. The first-order valence-corrected chi connectivity index (χ1v) is 6.86. The number of aromatic nitrogens is 1. The fourth-order valence-corrected chi connectivity index (χ4v) is 2.39. The van der Waals surface area contributed by atoms with Gasteiger partial charge >= 0.3 is 5.97 Å². The lowest BCUT2D eigenvalue weighted by Crippen LogP contribution is -2.03.